The monoisotopic (exact) mass is 385 g/mol. The van der Waals surface area contributed by atoms with Crippen molar-refractivity contribution in [2.45, 2.75) is 37.4 Å². The molecule has 0 bridgehead atoms. The third-order valence-electron chi connectivity index (χ3n) is 4.89. The molecule has 1 aromatic heterocycles. The van der Waals surface area contributed by atoms with Crippen LogP contribution in [0.4, 0.5) is 4.39 Å². The molecule has 2 heterocycles. The second-order valence-electron chi connectivity index (χ2n) is 6.54. The zero-order chi connectivity index (χ0) is 19.0. The van der Waals surface area contributed by atoms with Crippen molar-refractivity contribution >= 4 is 28.7 Å². The number of aryl methyl sites for hydroxylation is 1. The normalized spacial score (nSPS) is 16.3. The van der Waals surface area contributed by atoms with E-state index in [0.29, 0.717) is 6.54 Å². The van der Waals surface area contributed by atoms with Crippen molar-refractivity contribution in [1.29, 1.82) is 0 Å². The third-order valence-corrected chi connectivity index (χ3v) is 6.01. The predicted molar refractivity (Wildman–Crippen MR) is 104 cm³/mol. The summed E-state index contributed by atoms with van der Waals surface area (Å²) in [5.74, 6) is 0.305. The van der Waals surface area contributed by atoms with Crippen molar-refractivity contribution in [3.05, 3.63) is 64.3 Å². The van der Waals surface area contributed by atoms with Gasteiger partial charge in [-0.15, -0.1) is 11.8 Å². The third kappa shape index (κ3) is 3.27. The molecule has 1 aliphatic rings. The fraction of sp³-hybridized carbons (Fsp3) is 0.300. The smallest absolute Gasteiger partial charge is 0.329 e. The SMILES string of the molecule is CCn1c(=O)n(CC(=O)NC2CCSc3ccc(F)cc32)c2ccccc21. The topological polar surface area (TPSA) is 56.0 Å². The highest BCUT2D eigenvalue weighted by atomic mass is 32.2. The minimum Gasteiger partial charge on any atom is -0.348 e. The first-order valence-electron chi connectivity index (χ1n) is 8.98. The number of thioether (sulfide) groups is 1. The predicted octanol–water partition coefficient (Wildman–Crippen LogP) is 3.32. The van der Waals surface area contributed by atoms with Gasteiger partial charge in [-0.2, -0.15) is 0 Å². The first kappa shape index (κ1) is 17.9. The first-order valence-corrected chi connectivity index (χ1v) is 9.96. The average molecular weight is 385 g/mol. The number of carbonyl (C=O) groups excluding carboxylic acids is 1. The van der Waals surface area contributed by atoms with Crippen molar-refractivity contribution in [2.75, 3.05) is 5.75 Å². The Hall–Kier alpha value is -2.54. The van der Waals surface area contributed by atoms with Crippen LogP contribution in [0.25, 0.3) is 11.0 Å². The fourth-order valence-corrected chi connectivity index (χ4v) is 4.74. The van der Waals surface area contributed by atoms with E-state index in [0.717, 1.165) is 33.7 Å². The number of para-hydroxylation sites is 2. The lowest BCUT2D eigenvalue weighted by atomic mass is 10.0. The van der Waals surface area contributed by atoms with Gasteiger partial charge >= 0.3 is 5.69 Å². The summed E-state index contributed by atoms with van der Waals surface area (Å²) in [6, 6.07) is 11.9. The Labute approximate surface area is 160 Å². The highest BCUT2D eigenvalue weighted by molar-refractivity contribution is 7.99. The van der Waals surface area contributed by atoms with E-state index in [1.807, 2.05) is 31.2 Å². The minimum atomic E-state index is -0.308. The van der Waals surface area contributed by atoms with Crippen molar-refractivity contribution in [2.24, 2.45) is 0 Å². The summed E-state index contributed by atoms with van der Waals surface area (Å²) < 4.78 is 16.8. The lowest BCUT2D eigenvalue weighted by Crippen LogP contribution is -2.36. The van der Waals surface area contributed by atoms with Gasteiger partial charge in [0.2, 0.25) is 5.91 Å². The Morgan fingerprint density at radius 2 is 1.96 bits per heavy atom. The van der Waals surface area contributed by atoms with Crippen LogP contribution in [-0.4, -0.2) is 20.8 Å². The number of aromatic nitrogens is 2. The number of imidazole rings is 1. The average Bonchev–Trinajstić information content (AvgIpc) is 2.93. The number of halogens is 1. The summed E-state index contributed by atoms with van der Waals surface area (Å²) in [6.45, 7) is 2.39. The van der Waals surface area contributed by atoms with Crippen LogP contribution in [0, 0.1) is 5.82 Å². The number of rotatable bonds is 4. The standard InChI is InChI=1S/C20H20FN3O2S/c1-2-23-16-5-3-4-6-17(16)24(20(23)26)12-19(25)22-15-9-10-27-18-8-7-13(21)11-14(15)18/h3-8,11,15H,2,9-10,12H2,1H3,(H,22,25). The van der Waals surface area contributed by atoms with E-state index in [1.165, 1.54) is 16.7 Å². The van der Waals surface area contributed by atoms with Gasteiger partial charge in [0.05, 0.1) is 17.1 Å². The lowest BCUT2D eigenvalue weighted by Gasteiger charge is -2.26. The molecule has 1 N–H and O–H groups in total. The van der Waals surface area contributed by atoms with Gasteiger partial charge in [0, 0.05) is 17.2 Å². The number of amides is 1. The maximum absolute atomic E-state index is 13.7. The summed E-state index contributed by atoms with van der Waals surface area (Å²) >= 11 is 1.67. The number of nitrogens with zero attached hydrogens (tertiary/aromatic N) is 2. The van der Waals surface area contributed by atoms with E-state index >= 15 is 0 Å². The van der Waals surface area contributed by atoms with Gasteiger partial charge in [0.1, 0.15) is 12.4 Å². The number of fused-ring (bicyclic) bond motifs is 2. The van der Waals surface area contributed by atoms with Crippen LogP contribution in [0.5, 0.6) is 0 Å². The lowest BCUT2D eigenvalue weighted by molar-refractivity contribution is -0.122. The molecular formula is C20H20FN3O2S. The Balaban J connectivity index is 1.60. The second-order valence-corrected chi connectivity index (χ2v) is 7.68. The van der Waals surface area contributed by atoms with Gasteiger partial charge in [-0.3, -0.25) is 13.9 Å². The number of carbonyl (C=O) groups is 1. The molecule has 0 saturated heterocycles. The molecule has 0 aliphatic carbocycles. The van der Waals surface area contributed by atoms with Crippen LogP contribution in [0.1, 0.15) is 24.9 Å². The maximum Gasteiger partial charge on any atom is 0.329 e. The Morgan fingerprint density at radius 3 is 2.70 bits per heavy atom. The molecule has 1 amide bonds. The van der Waals surface area contributed by atoms with E-state index in [2.05, 4.69) is 5.32 Å². The first-order chi connectivity index (χ1) is 13.1. The molecule has 5 nitrogen and oxygen atoms in total. The second kappa shape index (κ2) is 7.23. The summed E-state index contributed by atoms with van der Waals surface area (Å²) in [5, 5.41) is 2.98. The van der Waals surface area contributed by atoms with E-state index in [4.69, 9.17) is 0 Å². The molecular weight excluding hydrogens is 365 g/mol. The minimum absolute atomic E-state index is 0.0549. The Kier molecular flexibility index (Phi) is 4.78. The Bertz CT molecular complexity index is 1070. The van der Waals surface area contributed by atoms with E-state index in [9.17, 15) is 14.0 Å². The number of nitrogens with one attached hydrogen (secondary N) is 1. The summed E-state index contributed by atoms with van der Waals surface area (Å²) in [6.07, 6.45) is 0.735. The molecule has 1 aliphatic heterocycles. The molecule has 0 fully saturated rings. The largest absolute Gasteiger partial charge is 0.348 e. The van der Waals surface area contributed by atoms with Gasteiger partial charge in [0.25, 0.3) is 0 Å². The molecule has 140 valence electrons. The quantitative estimate of drug-likeness (QED) is 0.750. The van der Waals surface area contributed by atoms with Crippen molar-refractivity contribution < 1.29 is 9.18 Å². The molecule has 0 saturated carbocycles. The maximum atomic E-state index is 13.7. The van der Waals surface area contributed by atoms with Crippen LogP contribution in [0.3, 0.4) is 0 Å². The molecule has 0 radical (unpaired) electrons. The number of hydrogen-bond donors (Lipinski definition) is 1. The molecule has 7 heteroatoms. The summed E-state index contributed by atoms with van der Waals surface area (Å²) in [7, 11) is 0. The zero-order valence-corrected chi connectivity index (χ0v) is 15.8. The molecule has 1 atom stereocenters. The van der Waals surface area contributed by atoms with Gasteiger partial charge in [-0.1, -0.05) is 12.1 Å². The van der Waals surface area contributed by atoms with Crippen molar-refractivity contribution in [3.8, 4) is 0 Å². The van der Waals surface area contributed by atoms with Gasteiger partial charge in [0.15, 0.2) is 0 Å². The van der Waals surface area contributed by atoms with Gasteiger partial charge < -0.3 is 5.32 Å². The summed E-state index contributed by atoms with van der Waals surface area (Å²) in [5.41, 5.74) is 2.17. The highest BCUT2D eigenvalue weighted by Gasteiger charge is 2.24. The van der Waals surface area contributed by atoms with Gasteiger partial charge in [-0.25, -0.2) is 9.18 Å². The van der Waals surface area contributed by atoms with Crippen molar-refractivity contribution in [1.82, 2.24) is 14.5 Å². The molecule has 27 heavy (non-hydrogen) atoms. The molecule has 4 rings (SSSR count). The molecule has 3 aromatic rings. The van der Waals surface area contributed by atoms with Crippen LogP contribution in [0.2, 0.25) is 0 Å². The highest BCUT2D eigenvalue weighted by Crippen LogP contribution is 2.36. The van der Waals surface area contributed by atoms with Crippen LogP contribution >= 0.6 is 11.8 Å². The van der Waals surface area contributed by atoms with E-state index < -0.39 is 0 Å². The molecule has 2 aromatic carbocycles. The van der Waals surface area contributed by atoms with Gasteiger partial charge in [-0.05, 0) is 49.2 Å². The van der Waals surface area contributed by atoms with Crippen LogP contribution in [-0.2, 0) is 17.9 Å². The summed E-state index contributed by atoms with van der Waals surface area (Å²) in [4.78, 5) is 26.4. The van der Waals surface area contributed by atoms with Crippen molar-refractivity contribution in [3.63, 3.8) is 0 Å². The Morgan fingerprint density at radius 1 is 1.22 bits per heavy atom. The van der Waals surface area contributed by atoms with E-state index in [1.54, 1.807) is 22.4 Å². The number of benzene rings is 2. The van der Waals surface area contributed by atoms with E-state index in [-0.39, 0.29) is 30.0 Å². The molecule has 1 unspecified atom stereocenters. The van der Waals surface area contributed by atoms with Crippen LogP contribution in [0.15, 0.2) is 52.2 Å². The zero-order valence-electron chi connectivity index (χ0n) is 14.9. The van der Waals surface area contributed by atoms with Crippen LogP contribution < -0.4 is 11.0 Å². The molecule has 0 spiro atoms. The fourth-order valence-electron chi connectivity index (χ4n) is 3.63. The number of hydrogen-bond acceptors (Lipinski definition) is 3.